The molecule has 0 spiro atoms. The number of hydrogen-bond donors (Lipinski definition) is 6. The van der Waals surface area contributed by atoms with E-state index in [0.717, 1.165) is 28.3 Å². The van der Waals surface area contributed by atoms with Crippen LogP contribution in [0.3, 0.4) is 0 Å². The highest BCUT2D eigenvalue weighted by atomic mass is 32.3. The molecule has 18 nitrogen and oxygen atoms in total. The zero-order chi connectivity index (χ0) is 35.4. The Labute approximate surface area is 279 Å². The van der Waals surface area contributed by atoms with Gasteiger partial charge in [0.25, 0.3) is 23.2 Å². The molecule has 1 saturated heterocycles. The third-order valence-electron chi connectivity index (χ3n) is 7.18. The largest absolute Gasteiger partial charge is 0.489 e. The van der Waals surface area contributed by atoms with Crippen molar-refractivity contribution in [2.75, 3.05) is 30.7 Å². The first-order valence-corrected chi connectivity index (χ1v) is 16.4. The molecule has 4 rings (SSSR count). The summed E-state index contributed by atoms with van der Waals surface area (Å²) in [6, 6.07) is 9.45. The predicted octanol–water partition coefficient (Wildman–Crippen LogP) is 0.0704. The second kappa shape index (κ2) is 14.1. The van der Waals surface area contributed by atoms with Gasteiger partial charge in [0.15, 0.2) is 10.8 Å². The van der Waals surface area contributed by atoms with Crippen LogP contribution in [0, 0.1) is 0 Å². The maximum atomic E-state index is 13.3. The van der Waals surface area contributed by atoms with Gasteiger partial charge in [-0.2, -0.15) is 13.5 Å². The summed E-state index contributed by atoms with van der Waals surface area (Å²) >= 11 is 0.957. The number of hydrogen-bond acceptors (Lipinski definition) is 14. The predicted molar refractivity (Wildman–Crippen MR) is 172 cm³/mol. The molecule has 0 saturated carbocycles. The molecule has 3 heterocycles. The molecule has 1 aliphatic heterocycles. The number of nitrogens with two attached hydrogens (primary N) is 2. The van der Waals surface area contributed by atoms with E-state index >= 15 is 0 Å². The van der Waals surface area contributed by atoms with Gasteiger partial charge in [0.1, 0.15) is 24.1 Å². The molecule has 1 aliphatic rings. The lowest BCUT2D eigenvalue weighted by Crippen LogP contribution is -2.76. The van der Waals surface area contributed by atoms with E-state index in [0.29, 0.717) is 23.9 Å². The Morgan fingerprint density at radius 2 is 1.88 bits per heavy atom. The topological polar surface area (TPSA) is 262 Å². The van der Waals surface area contributed by atoms with Gasteiger partial charge in [-0.3, -0.25) is 19.5 Å². The summed E-state index contributed by atoms with van der Waals surface area (Å²) < 4.78 is 43.2. The van der Waals surface area contributed by atoms with Crippen molar-refractivity contribution >= 4 is 56.2 Å². The van der Waals surface area contributed by atoms with E-state index in [1.807, 2.05) is 29.9 Å². The highest BCUT2D eigenvalue weighted by molar-refractivity contribution is 7.80. The number of anilines is 2. The quantitative estimate of drug-likeness (QED) is 0.0402. The van der Waals surface area contributed by atoms with Crippen LogP contribution in [-0.4, -0.2) is 88.5 Å². The number of hydroxylamine groups is 2. The minimum absolute atomic E-state index is 0.0546. The molecule has 8 N–H and O–H groups in total. The molecule has 2 unspecified atom stereocenters. The Bertz CT molecular complexity index is 1830. The lowest BCUT2D eigenvalue weighted by molar-refractivity contribution is -0.656. The summed E-state index contributed by atoms with van der Waals surface area (Å²) in [5.74, 6) is -2.26. The number of nitrogens with one attached hydrogen (secondary N) is 2. The van der Waals surface area contributed by atoms with E-state index < -0.39 is 57.7 Å². The maximum absolute atomic E-state index is 13.3. The number of pyridine rings is 1. The number of carboxylic acids is 1. The van der Waals surface area contributed by atoms with Gasteiger partial charge in [0.2, 0.25) is 0 Å². The maximum Gasteiger partial charge on any atom is 0.418 e. The van der Waals surface area contributed by atoms with Crippen molar-refractivity contribution in [1.29, 1.82) is 0 Å². The van der Waals surface area contributed by atoms with Crippen LogP contribution in [0.2, 0.25) is 0 Å². The second-order valence-corrected chi connectivity index (χ2v) is 13.2. The van der Waals surface area contributed by atoms with Crippen molar-refractivity contribution in [2.45, 2.75) is 38.0 Å². The van der Waals surface area contributed by atoms with Crippen molar-refractivity contribution in [2.24, 2.45) is 17.9 Å². The molecule has 0 bridgehead atoms. The summed E-state index contributed by atoms with van der Waals surface area (Å²) in [7, 11) is -3.12. The molecule has 2 aromatic heterocycles. The van der Waals surface area contributed by atoms with Gasteiger partial charge in [0, 0.05) is 23.6 Å². The number of carbonyl (C=O) groups excluding carboxylic acids is 2. The zero-order valence-corrected chi connectivity index (χ0v) is 27.9. The third-order valence-corrected chi connectivity index (χ3v) is 8.19. The van der Waals surface area contributed by atoms with Gasteiger partial charge in [0.05, 0.1) is 25.3 Å². The highest BCUT2D eigenvalue weighted by Crippen LogP contribution is 2.33. The van der Waals surface area contributed by atoms with E-state index in [-0.39, 0.29) is 10.8 Å². The lowest BCUT2D eigenvalue weighted by Gasteiger charge is -2.50. The van der Waals surface area contributed by atoms with E-state index in [9.17, 15) is 27.9 Å². The Morgan fingerprint density at radius 3 is 2.42 bits per heavy atom. The van der Waals surface area contributed by atoms with Gasteiger partial charge in [-0.15, -0.1) is 15.6 Å². The Hall–Kier alpha value is -4.89. The second-order valence-electron chi connectivity index (χ2n) is 11.3. The Kier molecular flexibility index (Phi) is 10.5. The number of rotatable bonds is 15. The Balaban J connectivity index is 1.48. The molecule has 3 aromatic rings. The number of benzene rings is 1. The number of carboxylic acid groups (broad SMARTS) is 1. The van der Waals surface area contributed by atoms with Crippen LogP contribution in [0.5, 0.6) is 5.75 Å². The van der Waals surface area contributed by atoms with Gasteiger partial charge in [-0.1, -0.05) is 17.3 Å². The number of thiazole rings is 1. The molecule has 258 valence electrons. The molecular formula is C28H35N8O10S2+. The average molecular weight is 708 g/mol. The van der Waals surface area contributed by atoms with Crippen molar-refractivity contribution in [3.63, 3.8) is 0 Å². The minimum atomic E-state index is -5.02. The van der Waals surface area contributed by atoms with E-state index in [4.69, 9.17) is 25.6 Å². The van der Waals surface area contributed by atoms with Crippen LogP contribution in [-0.2, 0) is 41.0 Å². The highest BCUT2D eigenvalue weighted by Gasteiger charge is 2.58. The van der Waals surface area contributed by atoms with Crippen molar-refractivity contribution in [3.05, 3.63) is 53.7 Å². The van der Waals surface area contributed by atoms with Gasteiger partial charge >= 0.3 is 16.4 Å². The van der Waals surface area contributed by atoms with Crippen molar-refractivity contribution in [1.82, 2.24) is 15.4 Å². The number of oxime groups is 1. The summed E-state index contributed by atoms with van der Waals surface area (Å²) in [6.45, 7) is 4.50. The van der Waals surface area contributed by atoms with Gasteiger partial charge < -0.3 is 31.5 Å². The number of β-lactam (4-membered cyclic amide) rings is 1. The molecule has 0 radical (unpaired) electrons. The molecule has 20 heteroatoms. The fraction of sp³-hybridized carbons (Fsp3) is 0.357. The number of nitrogen functional groups attached to an aromatic ring is 1. The molecule has 1 aromatic carbocycles. The minimum Gasteiger partial charge on any atom is -0.489 e. The normalized spacial score (nSPS) is 17.2. The molecular weight excluding hydrogens is 672 g/mol. The number of amides is 2. The lowest BCUT2D eigenvalue weighted by atomic mass is 9.84. The first-order chi connectivity index (χ1) is 22.4. The average Bonchev–Trinajstić information content (AvgIpc) is 3.46. The van der Waals surface area contributed by atoms with Crippen LogP contribution in [0.25, 0.3) is 11.1 Å². The molecule has 2 atom stereocenters. The fourth-order valence-corrected chi connectivity index (χ4v) is 5.42. The smallest absolute Gasteiger partial charge is 0.418 e. The van der Waals surface area contributed by atoms with E-state index in [1.165, 1.54) is 26.2 Å². The molecule has 48 heavy (non-hydrogen) atoms. The van der Waals surface area contributed by atoms with Gasteiger partial charge in [-0.05, 0) is 44.5 Å². The van der Waals surface area contributed by atoms with Crippen molar-refractivity contribution in [3.8, 4) is 16.9 Å². The summed E-state index contributed by atoms with van der Waals surface area (Å²) in [6.07, 6.45) is 1.94. The molecule has 2 amide bonds. The number of aromatic nitrogens is 2. The van der Waals surface area contributed by atoms with Crippen LogP contribution in [0.4, 0.5) is 10.9 Å². The number of ether oxygens (including phenoxy) is 1. The zero-order valence-electron chi connectivity index (χ0n) is 26.2. The molecule has 1 fully saturated rings. The number of nitrogens with zero attached hydrogens (tertiary/aromatic N) is 4. The van der Waals surface area contributed by atoms with Crippen LogP contribution in [0.15, 0.2) is 53.1 Å². The number of aliphatic carboxylic acids is 1. The standard InChI is InChI=1S/C28H34N8O10S2/c1-27(2)22(24(38)36(27)46-48(41,42)43)33-23(37)21(19-14-47-26(30)32-19)34-45-28(3,25(39)40)15-44-18-8-5-16(6-9-18)17-7-10-20(31-12-11-29)35(4)13-17/h5-10,13-14,22H,11-12,15,29H2,1-4H3,(H5,30,32,33,37,39,40,41,42,43)/p+1/b34-21-. The SMILES string of the molecule is C[n+]1cc(-c2ccc(OCC(C)(O/N=C(\C(=O)NC3C(=O)N(OS(=O)(=O)O)C3(C)C)c3csc(N)n3)C(=O)O)cc2)ccc1NCCN. The Morgan fingerprint density at radius 1 is 1.21 bits per heavy atom. The van der Waals surface area contributed by atoms with E-state index in [1.54, 1.807) is 24.3 Å². The first-order valence-electron chi connectivity index (χ1n) is 14.1. The summed E-state index contributed by atoms with van der Waals surface area (Å²) in [4.78, 5) is 47.5. The van der Waals surface area contributed by atoms with Crippen molar-refractivity contribution < 1.29 is 50.9 Å². The first kappa shape index (κ1) is 36.0. The van der Waals surface area contributed by atoms with E-state index in [2.05, 4.69) is 25.1 Å². The fourth-order valence-electron chi connectivity index (χ4n) is 4.42. The number of carbonyl (C=O) groups is 3. The van der Waals surface area contributed by atoms with Gasteiger partial charge in [-0.25, -0.2) is 14.3 Å². The number of aryl methyl sites for hydroxylation is 1. The third kappa shape index (κ3) is 8.15. The van der Waals surface area contributed by atoms with Crippen LogP contribution < -0.4 is 31.4 Å². The molecule has 0 aliphatic carbocycles. The summed E-state index contributed by atoms with van der Waals surface area (Å²) in [5.41, 5.74) is 8.91. The van der Waals surface area contributed by atoms with Crippen LogP contribution in [0.1, 0.15) is 26.5 Å². The monoisotopic (exact) mass is 707 g/mol. The van der Waals surface area contributed by atoms with Crippen LogP contribution >= 0.6 is 11.3 Å². The summed E-state index contributed by atoms with van der Waals surface area (Å²) in [5, 5.41) is 21.2.